The SMILES string of the molecule is Cc1nn(C)c(C)c1CNC(=O)C1CN(C(=O)c2cccs2)CC12CCCCC2. The highest BCUT2D eigenvalue weighted by atomic mass is 32.1. The quantitative estimate of drug-likeness (QED) is 0.833. The molecule has 0 bridgehead atoms. The first-order valence-electron chi connectivity index (χ1n) is 10.5. The van der Waals surface area contributed by atoms with Crippen LogP contribution in [0.2, 0.25) is 0 Å². The van der Waals surface area contributed by atoms with Crippen molar-refractivity contribution < 1.29 is 9.59 Å². The van der Waals surface area contributed by atoms with E-state index in [1.54, 1.807) is 0 Å². The van der Waals surface area contributed by atoms with Crippen LogP contribution in [0.25, 0.3) is 0 Å². The Morgan fingerprint density at radius 3 is 2.66 bits per heavy atom. The van der Waals surface area contributed by atoms with E-state index >= 15 is 0 Å². The maximum absolute atomic E-state index is 13.3. The van der Waals surface area contributed by atoms with Gasteiger partial charge in [-0.25, -0.2) is 0 Å². The van der Waals surface area contributed by atoms with E-state index in [0.717, 1.165) is 47.5 Å². The third kappa shape index (κ3) is 3.72. The van der Waals surface area contributed by atoms with E-state index in [2.05, 4.69) is 10.4 Å². The summed E-state index contributed by atoms with van der Waals surface area (Å²) < 4.78 is 1.86. The fraction of sp³-hybridized carbons (Fsp3) is 0.591. The third-order valence-electron chi connectivity index (χ3n) is 6.93. The standard InChI is InChI=1S/C22H30N4O2S/c1-15-17(16(2)25(3)24-15)12-23-20(27)18-13-26(21(28)19-8-7-11-29-19)14-22(18)9-5-4-6-10-22/h7-8,11,18H,4-6,9-10,12-14H2,1-3H3,(H,23,27). The second-order valence-corrected chi connectivity index (χ2v) is 9.58. The molecule has 1 saturated carbocycles. The van der Waals surface area contributed by atoms with Crippen LogP contribution in [0, 0.1) is 25.2 Å². The van der Waals surface area contributed by atoms with E-state index in [9.17, 15) is 9.59 Å². The van der Waals surface area contributed by atoms with Crippen molar-refractivity contribution in [2.75, 3.05) is 13.1 Å². The van der Waals surface area contributed by atoms with E-state index < -0.39 is 0 Å². The zero-order chi connectivity index (χ0) is 20.6. The summed E-state index contributed by atoms with van der Waals surface area (Å²) in [5, 5.41) is 9.55. The van der Waals surface area contributed by atoms with Crippen LogP contribution in [0.4, 0.5) is 0 Å². The number of rotatable bonds is 4. The number of hydrogen-bond donors (Lipinski definition) is 1. The Bertz CT molecular complexity index is 896. The Kier molecular flexibility index (Phi) is 5.51. The normalized spacial score (nSPS) is 20.9. The van der Waals surface area contributed by atoms with Crippen molar-refractivity contribution in [1.82, 2.24) is 20.0 Å². The number of carbonyl (C=O) groups is 2. The smallest absolute Gasteiger partial charge is 0.263 e. The zero-order valence-electron chi connectivity index (χ0n) is 17.5. The maximum atomic E-state index is 13.3. The van der Waals surface area contributed by atoms with Crippen molar-refractivity contribution in [2.45, 2.75) is 52.5 Å². The zero-order valence-corrected chi connectivity index (χ0v) is 18.3. The van der Waals surface area contributed by atoms with Gasteiger partial charge in [0.1, 0.15) is 0 Å². The number of hydrogen-bond acceptors (Lipinski definition) is 4. The van der Waals surface area contributed by atoms with Gasteiger partial charge in [-0.1, -0.05) is 25.3 Å². The molecule has 4 rings (SSSR count). The molecule has 1 unspecified atom stereocenters. The van der Waals surface area contributed by atoms with Crippen LogP contribution in [0.3, 0.4) is 0 Å². The summed E-state index contributed by atoms with van der Waals surface area (Å²) in [4.78, 5) is 29.0. The highest BCUT2D eigenvalue weighted by molar-refractivity contribution is 7.12. The van der Waals surface area contributed by atoms with Crippen LogP contribution in [-0.2, 0) is 18.4 Å². The minimum absolute atomic E-state index is 0.0687. The summed E-state index contributed by atoms with van der Waals surface area (Å²) in [6.45, 7) is 5.73. The first-order chi connectivity index (χ1) is 13.9. The third-order valence-corrected chi connectivity index (χ3v) is 7.79. The predicted octanol–water partition coefficient (Wildman–Crippen LogP) is 3.44. The first-order valence-corrected chi connectivity index (χ1v) is 11.4. The molecule has 2 aromatic rings. The second-order valence-electron chi connectivity index (χ2n) is 8.63. The minimum Gasteiger partial charge on any atom is -0.352 e. The Morgan fingerprint density at radius 1 is 1.28 bits per heavy atom. The number of carbonyl (C=O) groups excluding carboxylic acids is 2. The van der Waals surface area contributed by atoms with Gasteiger partial charge in [-0.05, 0) is 38.1 Å². The first kappa shape index (κ1) is 20.1. The van der Waals surface area contributed by atoms with Crippen LogP contribution < -0.4 is 5.32 Å². The maximum Gasteiger partial charge on any atom is 0.263 e. The molecule has 2 aromatic heterocycles. The van der Waals surface area contributed by atoms with Crippen LogP contribution in [-0.4, -0.2) is 39.6 Å². The molecule has 156 valence electrons. The lowest BCUT2D eigenvalue weighted by atomic mass is 9.67. The Morgan fingerprint density at radius 2 is 2.03 bits per heavy atom. The molecule has 7 heteroatoms. The number of nitrogens with one attached hydrogen (secondary N) is 1. The van der Waals surface area contributed by atoms with Crippen LogP contribution in [0.15, 0.2) is 17.5 Å². The molecule has 6 nitrogen and oxygen atoms in total. The van der Waals surface area contributed by atoms with E-state index in [4.69, 9.17) is 0 Å². The van der Waals surface area contributed by atoms with E-state index in [1.807, 2.05) is 48.0 Å². The summed E-state index contributed by atoms with van der Waals surface area (Å²) in [5.74, 6) is 0.0132. The highest BCUT2D eigenvalue weighted by Crippen LogP contribution is 2.48. The second kappa shape index (κ2) is 7.94. The van der Waals surface area contributed by atoms with Crippen molar-refractivity contribution >= 4 is 23.2 Å². The van der Waals surface area contributed by atoms with Crippen LogP contribution in [0.1, 0.15) is 58.7 Å². The Labute approximate surface area is 176 Å². The lowest BCUT2D eigenvalue weighted by Gasteiger charge is -2.37. The van der Waals surface area contributed by atoms with Gasteiger partial charge in [-0.3, -0.25) is 14.3 Å². The molecule has 1 N–H and O–H groups in total. The molecule has 0 radical (unpaired) electrons. The van der Waals surface area contributed by atoms with Gasteiger partial charge >= 0.3 is 0 Å². The Hall–Kier alpha value is -2.15. The van der Waals surface area contributed by atoms with Crippen molar-refractivity contribution in [1.29, 1.82) is 0 Å². The minimum atomic E-state index is -0.135. The Balaban J connectivity index is 1.51. The van der Waals surface area contributed by atoms with Gasteiger partial charge < -0.3 is 10.2 Å². The average Bonchev–Trinajstić information content (AvgIpc) is 3.41. The van der Waals surface area contributed by atoms with E-state index in [-0.39, 0.29) is 23.1 Å². The molecule has 2 amide bonds. The van der Waals surface area contributed by atoms with Crippen molar-refractivity contribution in [2.24, 2.45) is 18.4 Å². The topological polar surface area (TPSA) is 67.2 Å². The number of aromatic nitrogens is 2. The van der Waals surface area contributed by atoms with Gasteiger partial charge in [0.15, 0.2) is 0 Å². The molecule has 0 aromatic carbocycles. The molecule has 1 atom stereocenters. The van der Waals surface area contributed by atoms with Crippen molar-refractivity contribution in [3.8, 4) is 0 Å². The van der Waals surface area contributed by atoms with Crippen molar-refractivity contribution in [3.05, 3.63) is 39.3 Å². The monoisotopic (exact) mass is 414 g/mol. The fourth-order valence-corrected chi connectivity index (χ4v) is 5.87. The largest absolute Gasteiger partial charge is 0.352 e. The molecule has 1 aliphatic carbocycles. The fourth-order valence-electron chi connectivity index (χ4n) is 5.18. The number of nitrogens with zero attached hydrogens (tertiary/aromatic N) is 3. The summed E-state index contributed by atoms with van der Waals surface area (Å²) >= 11 is 1.47. The number of amides is 2. The van der Waals surface area contributed by atoms with Gasteiger partial charge in [0.25, 0.3) is 5.91 Å². The highest BCUT2D eigenvalue weighted by Gasteiger charge is 2.51. The van der Waals surface area contributed by atoms with E-state index in [1.165, 1.54) is 17.8 Å². The van der Waals surface area contributed by atoms with Gasteiger partial charge in [0.2, 0.25) is 5.91 Å². The van der Waals surface area contributed by atoms with Gasteiger partial charge in [-0.2, -0.15) is 5.10 Å². The summed E-state index contributed by atoms with van der Waals surface area (Å²) in [6, 6.07) is 3.79. The lowest BCUT2D eigenvalue weighted by Crippen LogP contribution is -2.42. The molecule has 1 aliphatic heterocycles. The average molecular weight is 415 g/mol. The number of thiophene rings is 1. The number of aryl methyl sites for hydroxylation is 2. The van der Waals surface area contributed by atoms with E-state index in [0.29, 0.717) is 19.6 Å². The van der Waals surface area contributed by atoms with Gasteiger partial charge in [0, 0.05) is 43.4 Å². The van der Waals surface area contributed by atoms with Gasteiger partial charge in [0.05, 0.1) is 16.5 Å². The molecule has 29 heavy (non-hydrogen) atoms. The predicted molar refractivity (Wildman–Crippen MR) is 114 cm³/mol. The van der Waals surface area contributed by atoms with Crippen LogP contribution in [0.5, 0.6) is 0 Å². The molecule has 1 saturated heterocycles. The molecule has 2 fully saturated rings. The van der Waals surface area contributed by atoms with Crippen LogP contribution >= 0.6 is 11.3 Å². The molecule has 3 heterocycles. The molecule has 2 aliphatic rings. The summed E-state index contributed by atoms with van der Waals surface area (Å²) in [5.41, 5.74) is 3.05. The molecule has 1 spiro atoms. The lowest BCUT2D eigenvalue weighted by molar-refractivity contribution is -0.128. The summed E-state index contributed by atoms with van der Waals surface area (Å²) in [7, 11) is 1.93. The summed E-state index contributed by atoms with van der Waals surface area (Å²) in [6.07, 6.45) is 5.58. The van der Waals surface area contributed by atoms with Gasteiger partial charge in [-0.15, -0.1) is 11.3 Å². The van der Waals surface area contributed by atoms with Crippen molar-refractivity contribution in [3.63, 3.8) is 0 Å². The molecular weight excluding hydrogens is 384 g/mol. The molecular formula is C22H30N4O2S. The number of likely N-dealkylation sites (tertiary alicyclic amines) is 1.